The molecule has 1 aromatic carbocycles. The van der Waals surface area contributed by atoms with Crippen molar-refractivity contribution in [3.63, 3.8) is 0 Å². The van der Waals surface area contributed by atoms with Crippen LogP contribution in [0.4, 0.5) is 0 Å². The van der Waals surface area contributed by atoms with Gasteiger partial charge in [0.2, 0.25) is 0 Å². The van der Waals surface area contributed by atoms with Crippen molar-refractivity contribution < 1.29 is 0 Å². The van der Waals surface area contributed by atoms with Gasteiger partial charge in [-0.15, -0.1) is 0 Å². The van der Waals surface area contributed by atoms with E-state index in [1.165, 1.54) is 12.8 Å². The third-order valence-electron chi connectivity index (χ3n) is 4.62. The van der Waals surface area contributed by atoms with Crippen molar-refractivity contribution in [3.8, 4) is 0 Å². The maximum absolute atomic E-state index is 2.38. The molecule has 0 bridgehead atoms. The van der Waals surface area contributed by atoms with E-state index < -0.39 is 0 Å². The first-order chi connectivity index (χ1) is 7.32. The Balaban J connectivity index is 1.72. The van der Waals surface area contributed by atoms with E-state index in [1.54, 1.807) is 30.7 Å². The molecule has 0 amide bonds. The summed E-state index contributed by atoms with van der Waals surface area (Å²) in [5.41, 5.74) is 0.845. The molecule has 2 saturated carbocycles. The van der Waals surface area contributed by atoms with E-state index >= 15 is 0 Å². The molecular formula is C14H17P. The van der Waals surface area contributed by atoms with Crippen LogP contribution in [0.1, 0.15) is 32.1 Å². The Morgan fingerprint density at radius 2 is 1.67 bits per heavy atom. The van der Waals surface area contributed by atoms with E-state index in [0.29, 0.717) is 0 Å². The van der Waals surface area contributed by atoms with Crippen molar-refractivity contribution in [2.45, 2.75) is 37.3 Å². The minimum atomic E-state index is 0.202. The second-order valence-electron chi connectivity index (χ2n) is 5.82. The van der Waals surface area contributed by atoms with E-state index in [-0.39, 0.29) is 7.92 Å². The predicted molar refractivity (Wildman–Crippen MR) is 66.1 cm³/mol. The quantitative estimate of drug-likeness (QED) is 0.630. The van der Waals surface area contributed by atoms with E-state index in [4.69, 9.17) is 0 Å². The average molecular weight is 216 g/mol. The Bertz CT molecular complexity index is 387. The lowest BCUT2D eigenvalue weighted by molar-refractivity contribution is 0.540. The van der Waals surface area contributed by atoms with E-state index in [2.05, 4.69) is 30.3 Å². The van der Waals surface area contributed by atoms with Gasteiger partial charge in [0.1, 0.15) is 0 Å². The number of hydrogen-bond donors (Lipinski definition) is 0. The lowest BCUT2D eigenvalue weighted by Gasteiger charge is -2.19. The van der Waals surface area contributed by atoms with Gasteiger partial charge in [0, 0.05) is 0 Å². The van der Waals surface area contributed by atoms with Crippen LogP contribution in [0.5, 0.6) is 0 Å². The first kappa shape index (κ1) is 8.76. The summed E-state index contributed by atoms with van der Waals surface area (Å²) < 4.78 is 0. The Labute approximate surface area is 92.8 Å². The highest BCUT2D eigenvalue weighted by atomic mass is 31.1. The van der Waals surface area contributed by atoms with Gasteiger partial charge in [-0.05, 0) is 54.1 Å². The number of benzene rings is 1. The van der Waals surface area contributed by atoms with Crippen LogP contribution in [-0.4, -0.2) is 11.3 Å². The van der Waals surface area contributed by atoms with Gasteiger partial charge in [0.25, 0.3) is 0 Å². The minimum absolute atomic E-state index is 0.202. The van der Waals surface area contributed by atoms with Crippen LogP contribution in [0.2, 0.25) is 0 Å². The molecule has 1 aliphatic heterocycles. The molecule has 15 heavy (non-hydrogen) atoms. The number of rotatable bonds is 1. The molecule has 0 aromatic heterocycles. The van der Waals surface area contributed by atoms with Gasteiger partial charge in [-0.2, -0.15) is 0 Å². The van der Waals surface area contributed by atoms with Gasteiger partial charge < -0.3 is 0 Å². The first-order valence-electron chi connectivity index (χ1n) is 6.15. The standard InChI is InChI=1S/C14H17P/c1-2-4-12(5-3-1)15-11-13(6-7-13)10-14(15)8-9-14/h1-5H,6-11H2. The molecule has 1 atom stereocenters. The molecule has 1 saturated heterocycles. The molecule has 2 spiro atoms. The molecule has 1 heteroatoms. The fraction of sp³-hybridized carbons (Fsp3) is 0.571. The van der Waals surface area contributed by atoms with E-state index in [0.717, 1.165) is 10.6 Å². The topological polar surface area (TPSA) is 0 Å². The summed E-state index contributed by atoms with van der Waals surface area (Å²) in [7, 11) is 0.202. The summed E-state index contributed by atoms with van der Waals surface area (Å²) in [4.78, 5) is 0. The van der Waals surface area contributed by atoms with Crippen LogP contribution in [0.15, 0.2) is 30.3 Å². The van der Waals surface area contributed by atoms with Crippen LogP contribution in [0.3, 0.4) is 0 Å². The molecule has 2 aliphatic carbocycles. The molecule has 1 unspecified atom stereocenters. The summed E-state index contributed by atoms with van der Waals surface area (Å²) in [5.74, 6) is 0. The van der Waals surface area contributed by atoms with Crippen LogP contribution < -0.4 is 5.30 Å². The maximum Gasteiger partial charge on any atom is -0.00481 e. The van der Waals surface area contributed by atoms with Gasteiger partial charge >= 0.3 is 0 Å². The second-order valence-corrected chi connectivity index (χ2v) is 8.46. The molecule has 1 aromatic rings. The fourth-order valence-corrected chi connectivity index (χ4v) is 7.30. The van der Waals surface area contributed by atoms with Gasteiger partial charge in [-0.3, -0.25) is 0 Å². The zero-order valence-corrected chi connectivity index (χ0v) is 9.97. The first-order valence-corrected chi connectivity index (χ1v) is 7.68. The van der Waals surface area contributed by atoms with E-state index in [9.17, 15) is 0 Å². The largest absolute Gasteiger partial charge is 0.0684 e. The molecule has 0 N–H and O–H groups in total. The Kier molecular flexibility index (Phi) is 1.55. The average Bonchev–Trinajstić information content (AvgIpc) is 3.13. The van der Waals surface area contributed by atoms with E-state index in [1.807, 2.05) is 0 Å². The zero-order valence-electron chi connectivity index (χ0n) is 9.08. The minimum Gasteiger partial charge on any atom is -0.0684 e. The fourth-order valence-electron chi connectivity index (χ4n) is 3.43. The van der Waals surface area contributed by atoms with Crippen molar-refractivity contribution in [1.82, 2.24) is 0 Å². The SMILES string of the molecule is c1ccc(P2CC3(CC3)CC23CC3)cc1. The monoisotopic (exact) mass is 216 g/mol. The van der Waals surface area contributed by atoms with Gasteiger partial charge in [0.05, 0.1) is 0 Å². The van der Waals surface area contributed by atoms with Crippen LogP contribution >= 0.6 is 7.92 Å². The predicted octanol–water partition coefficient (Wildman–Crippen LogP) is 3.51. The highest BCUT2D eigenvalue weighted by molar-refractivity contribution is 7.68. The molecule has 0 nitrogen and oxygen atoms in total. The summed E-state index contributed by atoms with van der Waals surface area (Å²) in [6.07, 6.45) is 9.30. The van der Waals surface area contributed by atoms with Gasteiger partial charge in [0.15, 0.2) is 0 Å². The molecule has 78 valence electrons. The van der Waals surface area contributed by atoms with Crippen LogP contribution in [-0.2, 0) is 0 Å². The molecule has 3 fully saturated rings. The lowest BCUT2D eigenvalue weighted by Crippen LogP contribution is -2.09. The molecule has 0 radical (unpaired) electrons. The zero-order chi connectivity index (χ0) is 9.93. The van der Waals surface area contributed by atoms with Crippen LogP contribution in [0.25, 0.3) is 0 Å². The third kappa shape index (κ3) is 1.24. The highest BCUT2D eigenvalue weighted by Crippen LogP contribution is 2.79. The Hall–Kier alpha value is -0.350. The summed E-state index contributed by atoms with van der Waals surface area (Å²) in [5, 5.41) is 2.52. The van der Waals surface area contributed by atoms with Crippen molar-refractivity contribution in [2.24, 2.45) is 5.41 Å². The number of hydrogen-bond acceptors (Lipinski definition) is 0. The van der Waals surface area contributed by atoms with Gasteiger partial charge in [-0.25, -0.2) is 0 Å². The smallest absolute Gasteiger partial charge is 0.00481 e. The second kappa shape index (κ2) is 2.66. The molecular weight excluding hydrogens is 199 g/mol. The highest BCUT2D eigenvalue weighted by Gasteiger charge is 2.64. The maximum atomic E-state index is 2.38. The summed E-state index contributed by atoms with van der Waals surface area (Å²) >= 11 is 0. The van der Waals surface area contributed by atoms with Crippen LogP contribution in [0, 0.1) is 5.41 Å². The van der Waals surface area contributed by atoms with Crippen molar-refractivity contribution >= 4 is 13.2 Å². The lowest BCUT2D eigenvalue weighted by atomic mass is 10.0. The normalized spacial score (nSPS) is 33.5. The van der Waals surface area contributed by atoms with Crippen molar-refractivity contribution in [1.29, 1.82) is 0 Å². The molecule has 3 aliphatic rings. The summed E-state index contributed by atoms with van der Waals surface area (Å²) in [6.45, 7) is 0. The van der Waals surface area contributed by atoms with Crippen molar-refractivity contribution in [2.75, 3.05) is 6.16 Å². The summed E-state index contributed by atoms with van der Waals surface area (Å²) in [6, 6.07) is 11.4. The third-order valence-corrected chi connectivity index (χ3v) is 8.28. The Morgan fingerprint density at radius 3 is 2.27 bits per heavy atom. The molecule has 1 heterocycles. The van der Waals surface area contributed by atoms with Crippen molar-refractivity contribution in [3.05, 3.63) is 30.3 Å². The Morgan fingerprint density at radius 1 is 0.933 bits per heavy atom. The van der Waals surface area contributed by atoms with Gasteiger partial charge in [-0.1, -0.05) is 38.3 Å². The molecule has 4 rings (SSSR count).